The standard InChI is InChI=1S/C13H16ClN5O/c1-2-16-12-7-10(11(14)8-18-12)13(20)17-4-6-19-5-3-15-9-19/h3,5,7-9H,2,4,6H2,1H3,(H,16,18)(H,17,20). The van der Waals surface area contributed by atoms with Gasteiger partial charge in [0, 0.05) is 38.2 Å². The van der Waals surface area contributed by atoms with E-state index >= 15 is 0 Å². The number of imidazole rings is 1. The molecule has 7 heteroatoms. The molecule has 0 aliphatic carbocycles. The van der Waals surface area contributed by atoms with Gasteiger partial charge in [-0.05, 0) is 13.0 Å². The van der Waals surface area contributed by atoms with E-state index in [4.69, 9.17) is 11.6 Å². The fraction of sp³-hybridized carbons (Fsp3) is 0.308. The van der Waals surface area contributed by atoms with E-state index in [2.05, 4.69) is 20.6 Å². The zero-order valence-corrected chi connectivity index (χ0v) is 11.9. The molecular formula is C13H16ClN5O. The van der Waals surface area contributed by atoms with Gasteiger partial charge in [0.2, 0.25) is 0 Å². The van der Waals surface area contributed by atoms with E-state index in [1.54, 1.807) is 18.6 Å². The average molecular weight is 294 g/mol. The van der Waals surface area contributed by atoms with Crippen LogP contribution in [0.2, 0.25) is 5.02 Å². The summed E-state index contributed by atoms with van der Waals surface area (Å²) in [5, 5.41) is 6.21. The first-order chi connectivity index (χ1) is 9.70. The van der Waals surface area contributed by atoms with Crippen LogP contribution in [0.25, 0.3) is 0 Å². The molecule has 6 nitrogen and oxygen atoms in total. The molecule has 2 aromatic rings. The Hall–Kier alpha value is -2.08. The highest BCUT2D eigenvalue weighted by atomic mass is 35.5. The minimum Gasteiger partial charge on any atom is -0.370 e. The molecule has 0 aliphatic heterocycles. The van der Waals surface area contributed by atoms with Crippen LogP contribution < -0.4 is 10.6 Å². The number of pyridine rings is 1. The highest BCUT2D eigenvalue weighted by molar-refractivity contribution is 6.33. The zero-order valence-electron chi connectivity index (χ0n) is 11.1. The van der Waals surface area contributed by atoms with Gasteiger partial charge in [-0.3, -0.25) is 4.79 Å². The van der Waals surface area contributed by atoms with Crippen molar-refractivity contribution in [3.8, 4) is 0 Å². The molecule has 2 aromatic heterocycles. The number of amides is 1. The Morgan fingerprint density at radius 3 is 3.05 bits per heavy atom. The topological polar surface area (TPSA) is 71.8 Å². The minimum absolute atomic E-state index is 0.211. The van der Waals surface area contributed by atoms with Crippen molar-refractivity contribution in [1.82, 2.24) is 19.9 Å². The van der Waals surface area contributed by atoms with Gasteiger partial charge in [0.05, 0.1) is 16.9 Å². The number of nitrogens with one attached hydrogen (secondary N) is 2. The van der Waals surface area contributed by atoms with Crippen LogP contribution in [-0.4, -0.2) is 33.5 Å². The smallest absolute Gasteiger partial charge is 0.253 e. The summed E-state index contributed by atoms with van der Waals surface area (Å²) < 4.78 is 1.89. The maximum absolute atomic E-state index is 12.1. The van der Waals surface area contributed by atoms with E-state index < -0.39 is 0 Å². The third-order valence-corrected chi connectivity index (χ3v) is 2.97. The Labute approximate surface area is 122 Å². The van der Waals surface area contributed by atoms with Gasteiger partial charge in [-0.25, -0.2) is 9.97 Å². The number of halogens is 1. The van der Waals surface area contributed by atoms with Crippen molar-refractivity contribution < 1.29 is 4.79 Å². The molecule has 0 aliphatic rings. The highest BCUT2D eigenvalue weighted by Crippen LogP contribution is 2.17. The highest BCUT2D eigenvalue weighted by Gasteiger charge is 2.11. The zero-order chi connectivity index (χ0) is 14.4. The SMILES string of the molecule is CCNc1cc(C(=O)NCCn2ccnc2)c(Cl)cn1. The molecule has 20 heavy (non-hydrogen) atoms. The molecule has 106 valence electrons. The predicted molar refractivity (Wildman–Crippen MR) is 78.0 cm³/mol. The van der Waals surface area contributed by atoms with Crippen LogP contribution in [0, 0.1) is 0 Å². The lowest BCUT2D eigenvalue weighted by atomic mass is 10.2. The van der Waals surface area contributed by atoms with Crippen molar-refractivity contribution in [2.75, 3.05) is 18.4 Å². The minimum atomic E-state index is -0.211. The number of carbonyl (C=O) groups excluding carboxylic acids is 1. The summed E-state index contributed by atoms with van der Waals surface area (Å²) in [7, 11) is 0. The van der Waals surface area contributed by atoms with Gasteiger partial charge in [-0.2, -0.15) is 0 Å². The Morgan fingerprint density at radius 1 is 1.50 bits per heavy atom. The molecule has 2 rings (SSSR count). The molecule has 2 N–H and O–H groups in total. The molecule has 0 saturated heterocycles. The number of anilines is 1. The van der Waals surface area contributed by atoms with Crippen molar-refractivity contribution in [3.63, 3.8) is 0 Å². The lowest BCUT2D eigenvalue weighted by Crippen LogP contribution is -2.27. The lowest BCUT2D eigenvalue weighted by Gasteiger charge is -2.09. The number of carbonyl (C=O) groups is 1. The van der Waals surface area contributed by atoms with E-state index in [0.29, 0.717) is 29.5 Å². The molecule has 0 unspecified atom stereocenters. The summed E-state index contributed by atoms with van der Waals surface area (Å²) in [6.07, 6.45) is 6.72. The van der Waals surface area contributed by atoms with Crippen LogP contribution in [0.1, 0.15) is 17.3 Å². The summed E-state index contributed by atoms with van der Waals surface area (Å²) >= 11 is 6.00. The summed E-state index contributed by atoms with van der Waals surface area (Å²) in [6.45, 7) is 3.86. The number of hydrogen-bond donors (Lipinski definition) is 2. The van der Waals surface area contributed by atoms with E-state index in [1.807, 2.05) is 17.7 Å². The van der Waals surface area contributed by atoms with Gasteiger partial charge in [0.15, 0.2) is 0 Å². The number of aromatic nitrogens is 3. The Kier molecular flexibility index (Phi) is 4.95. The average Bonchev–Trinajstić information content (AvgIpc) is 2.94. The normalized spacial score (nSPS) is 10.3. The number of rotatable bonds is 6. The Morgan fingerprint density at radius 2 is 2.35 bits per heavy atom. The molecule has 0 radical (unpaired) electrons. The van der Waals surface area contributed by atoms with Gasteiger partial charge < -0.3 is 15.2 Å². The van der Waals surface area contributed by atoms with Gasteiger partial charge in [0.25, 0.3) is 5.91 Å². The Balaban J connectivity index is 1.95. The van der Waals surface area contributed by atoms with Crippen LogP contribution in [0.5, 0.6) is 0 Å². The fourth-order valence-electron chi connectivity index (χ4n) is 1.70. The van der Waals surface area contributed by atoms with Crippen LogP contribution in [0.15, 0.2) is 31.0 Å². The fourth-order valence-corrected chi connectivity index (χ4v) is 1.89. The van der Waals surface area contributed by atoms with Crippen molar-refractivity contribution >= 4 is 23.3 Å². The lowest BCUT2D eigenvalue weighted by molar-refractivity contribution is 0.0952. The second kappa shape index (κ2) is 6.91. The molecule has 0 spiro atoms. The van der Waals surface area contributed by atoms with E-state index in [-0.39, 0.29) is 5.91 Å². The summed E-state index contributed by atoms with van der Waals surface area (Å²) in [6, 6.07) is 1.65. The molecule has 0 fully saturated rings. The summed E-state index contributed by atoms with van der Waals surface area (Å²) in [5.41, 5.74) is 0.420. The van der Waals surface area contributed by atoms with Crippen molar-refractivity contribution in [3.05, 3.63) is 41.6 Å². The molecule has 1 amide bonds. The number of hydrogen-bond acceptors (Lipinski definition) is 4. The largest absolute Gasteiger partial charge is 0.370 e. The molecule has 2 heterocycles. The van der Waals surface area contributed by atoms with E-state index in [0.717, 1.165) is 6.54 Å². The van der Waals surface area contributed by atoms with Gasteiger partial charge in [-0.15, -0.1) is 0 Å². The predicted octanol–water partition coefficient (Wildman–Crippen LogP) is 1.79. The van der Waals surface area contributed by atoms with E-state index in [1.165, 1.54) is 6.20 Å². The molecule has 0 atom stereocenters. The quantitative estimate of drug-likeness (QED) is 0.852. The molecule has 0 bridgehead atoms. The third kappa shape index (κ3) is 3.71. The van der Waals surface area contributed by atoms with Crippen LogP contribution >= 0.6 is 11.6 Å². The first kappa shape index (κ1) is 14.3. The molecule has 0 aromatic carbocycles. The summed E-state index contributed by atoms with van der Waals surface area (Å²) in [5.74, 6) is 0.424. The maximum Gasteiger partial charge on any atom is 0.253 e. The van der Waals surface area contributed by atoms with Crippen LogP contribution in [0.4, 0.5) is 5.82 Å². The summed E-state index contributed by atoms with van der Waals surface area (Å²) in [4.78, 5) is 20.1. The van der Waals surface area contributed by atoms with Gasteiger partial charge in [-0.1, -0.05) is 11.6 Å². The van der Waals surface area contributed by atoms with Gasteiger partial charge >= 0.3 is 0 Å². The number of nitrogens with zero attached hydrogens (tertiary/aromatic N) is 3. The van der Waals surface area contributed by atoms with Crippen LogP contribution in [-0.2, 0) is 6.54 Å². The third-order valence-electron chi connectivity index (χ3n) is 2.67. The van der Waals surface area contributed by atoms with Crippen molar-refractivity contribution in [2.45, 2.75) is 13.5 Å². The Bertz CT molecular complexity index is 570. The maximum atomic E-state index is 12.1. The first-order valence-corrected chi connectivity index (χ1v) is 6.72. The first-order valence-electron chi connectivity index (χ1n) is 6.34. The van der Waals surface area contributed by atoms with Crippen molar-refractivity contribution in [1.29, 1.82) is 0 Å². The van der Waals surface area contributed by atoms with E-state index in [9.17, 15) is 4.79 Å². The van der Waals surface area contributed by atoms with Gasteiger partial charge in [0.1, 0.15) is 5.82 Å². The van der Waals surface area contributed by atoms with Crippen LogP contribution in [0.3, 0.4) is 0 Å². The van der Waals surface area contributed by atoms with Crippen molar-refractivity contribution in [2.24, 2.45) is 0 Å². The second-order valence-corrected chi connectivity index (χ2v) is 4.54. The second-order valence-electron chi connectivity index (χ2n) is 4.14. The molecule has 0 saturated carbocycles. The monoisotopic (exact) mass is 293 g/mol. The molecular weight excluding hydrogens is 278 g/mol.